The highest BCUT2D eigenvalue weighted by Gasteiger charge is 1.82. The number of aromatic hydroxyl groups is 1. The predicted octanol–water partition coefficient (Wildman–Crippen LogP) is 2.05. The standard InChI is InChI=1S/C7H8O.C3H9N/c1-6-2-4-7(8)5-3-6;1-3(2)4/h2-5,8H,1H3;3H,4H2,1-2H3. The van der Waals surface area contributed by atoms with Crippen molar-refractivity contribution in [3.63, 3.8) is 0 Å². The summed E-state index contributed by atoms with van der Waals surface area (Å²) in [5.74, 6) is 0.329. The number of hydrogen-bond donors (Lipinski definition) is 2. The minimum Gasteiger partial charge on any atom is -0.508 e. The Kier molecular flexibility index (Phi) is 5.13. The van der Waals surface area contributed by atoms with Crippen molar-refractivity contribution in [2.45, 2.75) is 26.8 Å². The van der Waals surface area contributed by atoms with Crippen LogP contribution in [0.4, 0.5) is 0 Å². The maximum absolute atomic E-state index is 8.76. The van der Waals surface area contributed by atoms with Gasteiger partial charge in [0.15, 0.2) is 0 Å². The third kappa shape index (κ3) is 7.09. The van der Waals surface area contributed by atoms with Crippen LogP contribution in [0.2, 0.25) is 0 Å². The molecule has 0 aliphatic carbocycles. The summed E-state index contributed by atoms with van der Waals surface area (Å²) in [6.07, 6.45) is 0. The zero-order valence-corrected chi connectivity index (χ0v) is 7.91. The molecule has 1 aromatic carbocycles. The molecule has 3 N–H and O–H groups in total. The Labute approximate surface area is 74.0 Å². The lowest BCUT2D eigenvalue weighted by atomic mass is 10.2. The number of benzene rings is 1. The second-order valence-electron chi connectivity index (χ2n) is 3.08. The van der Waals surface area contributed by atoms with Crippen molar-refractivity contribution in [3.8, 4) is 5.75 Å². The molecule has 0 amide bonds. The van der Waals surface area contributed by atoms with Gasteiger partial charge in [0.25, 0.3) is 0 Å². The van der Waals surface area contributed by atoms with Crippen molar-refractivity contribution in [2.75, 3.05) is 0 Å². The molecular formula is C10H17NO. The molecule has 0 saturated carbocycles. The van der Waals surface area contributed by atoms with Crippen molar-refractivity contribution < 1.29 is 5.11 Å². The highest BCUT2D eigenvalue weighted by atomic mass is 16.3. The van der Waals surface area contributed by atoms with Crippen LogP contribution in [0.5, 0.6) is 5.75 Å². The highest BCUT2D eigenvalue weighted by Crippen LogP contribution is 2.07. The summed E-state index contributed by atoms with van der Waals surface area (Å²) in [5, 5.41) is 8.76. The van der Waals surface area contributed by atoms with E-state index < -0.39 is 0 Å². The molecule has 0 atom stereocenters. The molecule has 1 rings (SSSR count). The zero-order valence-electron chi connectivity index (χ0n) is 7.91. The predicted molar refractivity (Wildman–Crippen MR) is 52.2 cm³/mol. The number of aryl methyl sites for hydroxylation is 1. The molecule has 0 aromatic heterocycles. The van der Waals surface area contributed by atoms with E-state index in [9.17, 15) is 0 Å². The van der Waals surface area contributed by atoms with Gasteiger partial charge in [-0.3, -0.25) is 0 Å². The lowest BCUT2D eigenvalue weighted by Gasteiger charge is -1.89. The van der Waals surface area contributed by atoms with Crippen LogP contribution in [-0.2, 0) is 0 Å². The van der Waals surface area contributed by atoms with E-state index in [1.807, 2.05) is 32.9 Å². The number of phenolic OH excluding ortho intramolecular Hbond substituents is 1. The van der Waals surface area contributed by atoms with Crippen molar-refractivity contribution in [1.82, 2.24) is 0 Å². The molecule has 0 fully saturated rings. The number of hydrogen-bond acceptors (Lipinski definition) is 2. The summed E-state index contributed by atoms with van der Waals surface area (Å²) in [6.45, 7) is 5.87. The Morgan fingerprint density at radius 2 is 1.50 bits per heavy atom. The number of rotatable bonds is 0. The molecule has 68 valence electrons. The van der Waals surface area contributed by atoms with Gasteiger partial charge in [-0.25, -0.2) is 0 Å². The summed E-state index contributed by atoms with van der Waals surface area (Å²) in [5.41, 5.74) is 6.28. The van der Waals surface area contributed by atoms with E-state index in [1.54, 1.807) is 12.1 Å². The van der Waals surface area contributed by atoms with Crippen molar-refractivity contribution in [2.24, 2.45) is 5.73 Å². The Bertz CT molecular complexity index is 180. The van der Waals surface area contributed by atoms with Gasteiger partial charge >= 0.3 is 0 Å². The average molecular weight is 167 g/mol. The maximum atomic E-state index is 8.76. The van der Waals surface area contributed by atoms with Crippen LogP contribution in [0.25, 0.3) is 0 Å². The Balaban J connectivity index is 0.000000261. The normalized spacial score (nSPS) is 9.08. The first kappa shape index (κ1) is 11.0. The summed E-state index contributed by atoms with van der Waals surface area (Å²) in [6, 6.07) is 7.43. The zero-order chi connectivity index (χ0) is 9.56. The average Bonchev–Trinajstić information content (AvgIpc) is 1.94. The van der Waals surface area contributed by atoms with E-state index in [4.69, 9.17) is 10.8 Å². The topological polar surface area (TPSA) is 46.2 Å². The fourth-order valence-electron chi connectivity index (χ4n) is 0.545. The van der Waals surface area contributed by atoms with Gasteiger partial charge in [-0.05, 0) is 25.1 Å². The van der Waals surface area contributed by atoms with E-state index in [2.05, 4.69) is 0 Å². The van der Waals surface area contributed by atoms with Gasteiger partial charge in [0.2, 0.25) is 0 Å². The van der Waals surface area contributed by atoms with Crippen molar-refractivity contribution in [1.29, 1.82) is 0 Å². The second kappa shape index (κ2) is 5.61. The Hall–Kier alpha value is -1.02. The quantitative estimate of drug-likeness (QED) is 0.621. The van der Waals surface area contributed by atoms with E-state index in [-0.39, 0.29) is 0 Å². The molecule has 0 saturated heterocycles. The first-order valence-corrected chi connectivity index (χ1v) is 4.03. The van der Waals surface area contributed by atoms with Gasteiger partial charge in [-0.2, -0.15) is 0 Å². The Morgan fingerprint density at radius 3 is 1.75 bits per heavy atom. The minimum atomic E-state index is 0.329. The van der Waals surface area contributed by atoms with Gasteiger partial charge in [0, 0.05) is 0 Å². The fourth-order valence-corrected chi connectivity index (χ4v) is 0.545. The van der Waals surface area contributed by atoms with Crippen molar-refractivity contribution in [3.05, 3.63) is 29.8 Å². The smallest absolute Gasteiger partial charge is 0.115 e. The molecule has 0 aliphatic rings. The monoisotopic (exact) mass is 167 g/mol. The number of nitrogens with two attached hydrogens (primary N) is 1. The molecule has 2 heteroatoms. The summed E-state index contributed by atoms with van der Waals surface area (Å²) >= 11 is 0. The number of phenols is 1. The second-order valence-corrected chi connectivity index (χ2v) is 3.08. The van der Waals surface area contributed by atoms with E-state index in [0.29, 0.717) is 11.8 Å². The van der Waals surface area contributed by atoms with Crippen LogP contribution in [0.3, 0.4) is 0 Å². The third-order valence-electron chi connectivity index (χ3n) is 1.03. The van der Waals surface area contributed by atoms with Crippen LogP contribution in [-0.4, -0.2) is 11.1 Å². The summed E-state index contributed by atoms with van der Waals surface area (Å²) in [4.78, 5) is 0. The molecule has 0 heterocycles. The summed E-state index contributed by atoms with van der Waals surface area (Å²) < 4.78 is 0. The van der Waals surface area contributed by atoms with E-state index in [1.165, 1.54) is 5.56 Å². The fraction of sp³-hybridized carbons (Fsp3) is 0.400. The first-order chi connectivity index (χ1) is 5.52. The molecule has 12 heavy (non-hydrogen) atoms. The van der Waals surface area contributed by atoms with Gasteiger partial charge in [0.1, 0.15) is 5.75 Å². The largest absolute Gasteiger partial charge is 0.508 e. The van der Waals surface area contributed by atoms with Gasteiger partial charge in [-0.1, -0.05) is 31.5 Å². The van der Waals surface area contributed by atoms with Crippen LogP contribution in [0, 0.1) is 6.92 Å². The molecule has 0 aliphatic heterocycles. The first-order valence-electron chi connectivity index (χ1n) is 4.03. The summed E-state index contributed by atoms with van der Waals surface area (Å²) in [7, 11) is 0. The van der Waals surface area contributed by atoms with Gasteiger partial charge < -0.3 is 10.8 Å². The molecule has 2 nitrogen and oxygen atoms in total. The van der Waals surface area contributed by atoms with Gasteiger partial charge in [0.05, 0.1) is 0 Å². The van der Waals surface area contributed by atoms with Crippen LogP contribution >= 0.6 is 0 Å². The van der Waals surface area contributed by atoms with Crippen LogP contribution in [0.1, 0.15) is 19.4 Å². The van der Waals surface area contributed by atoms with Crippen molar-refractivity contribution >= 4 is 0 Å². The van der Waals surface area contributed by atoms with Crippen LogP contribution < -0.4 is 5.73 Å². The lowest BCUT2D eigenvalue weighted by molar-refractivity contribution is 0.475. The molecule has 0 spiro atoms. The highest BCUT2D eigenvalue weighted by molar-refractivity contribution is 5.24. The van der Waals surface area contributed by atoms with Gasteiger partial charge in [-0.15, -0.1) is 0 Å². The third-order valence-corrected chi connectivity index (χ3v) is 1.03. The van der Waals surface area contributed by atoms with E-state index in [0.717, 1.165) is 0 Å². The molecule has 0 unspecified atom stereocenters. The maximum Gasteiger partial charge on any atom is 0.115 e. The lowest BCUT2D eigenvalue weighted by Crippen LogP contribution is -2.06. The Morgan fingerprint density at radius 1 is 1.17 bits per heavy atom. The minimum absolute atomic E-state index is 0.329. The molecule has 0 bridgehead atoms. The van der Waals surface area contributed by atoms with Crippen LogP contribution in [0.15, 0.2) is 24.3 Å². The molecule has 1 aromatic rings. The molecule has 0 radical (unpaired) electrons. The SMILES string of the molecule is CC(C)N.Cc1ccc(O)cc1. The molecular weight excluding hydrogens is 150 g/mol. The van der Waals surface area contributed by atoms with E-state index >= 15 is 0 Å².